The van der Waals surface area contributed by atoms with Crippen LogP contribution in [0.3, 0.4) is 0 Å². The number of halogens is 1. The number of hydrogen-bond donors (Lipinski definition) is 4. The lowest BCUT2D eigenvalue weighted by atomic mass is 9.68. The van der Waals surface area contributed by atoms with Gasteiger partial charge in [0.2, 0.25) is 0 Å². The highest BCUT2D eigenvalue weighted by Gasteiger charge is 2.63. The van der Waals surface area contributed by atoms with E-state index < -0.39 is 40.9 Å². The Labute approximate surface area is 147 Å². The molecule has 2 aliphatic heterocycles. The minimum Gasteiger partial charge on any atom is -0.388 e. The van der Waals surface area contributed by atoms with Crippen LogP contribution in [0.1, 0.15) is 12.0 Å². The molecule has 2 bridgehead atoms. The number of nitriles is 1. The molecule has 4 rings (SSSR count). The second-order valence-corrected chi connectivity index (χ2v) is 7.22. The molecule has 8 heteroatoms. The molecular weight excluding hydrogens is 380 g/mol. The molecular formula is C16H19BrN2O5. The fraction of sp³-hybridized carbons (Fsp3) is 0.562. The number of ether oxygens (including phenoxy) is 1. The van der Waals surface area contributed by atoms with Gasteiger partial charge in [0.25, 0.3) is 0 Å². The molecule has 0 amide bonds. The first-order valence-corrected chi connectivity index (χ1v) is 8.57. The Balaban J connectivity index is 1.83. The van der Waals surface area contributed by atoms with E-state index in [4.69, 9.17) is 9.57 Å². The third kappa shape index (κ3) is 2.97. The summed E-state index contributed by atoms with van der Waals surface area (Å²) in [5.41, 5.74) is 2.30. The van der Waals surface area contributed by atoms with Gasteiger partial charge in [-0.05, 0) is 5.56 Å². The van der Waals surface area contributed by atoms with Crippen LogP contribution < -0.4 is 5.48 Å². The van der Waals surface area contributed by atoms with Crippen LogP contribution in [-0.4, -0.2) is 50.3 Å². The smallest absolute Gasteiger partial charge is 0.157 e. The van der Waals surface area contributed by atoms with E-state index >= 15 is 0 Å². The van der Waals surface area contributed by atoms with Crippen molar-refractivity contribution in [2.24, 2.45) is 5.92 Å². The largest absolute Gasteiger partial charge is 0.388 e. The molecule has 1 aromatic rings. The van der Waals surface area contributed by atoms with Crippen molar-refractivity contribution in [3.05, 3.63) is 35.9 Å². The fourth-order valence-corrected chi connectivity index (χ4v) is 4.46. The highest BCUT2D eigenvalue weighted by molar-refractivity contribution is 9.09. The van der Waals surface area contributed by atoms with Crippen LogP contribution >= 0.6 is 15.9 Å². The summed E-state index contributed by atoms with van der Waals surface area (Å²) < 4.78 is 5.37. The van der Waals surface area contributed by atoms with E-state index in [2.05, 4.69) is 27.5 Å². The van der Waals surface area contributed by atoms with Crippen LogP contribution in [0.4, 0.5) is 0 Å². The standard InChI is InChI=1S/C16H19BrN2O5/c17-12-10(7-18)16(19-23-8-9-4-2-1-3-5-9)6-11(20)24-14(12)13(21)15(16)22/h1-5,10-15,19-22H,6,8H2/t10-,11-,12?,13-,14?,15?,16?/m1/s1. The predicted octanol–water partition coefficient (Wildman–Crippen LogP) is 0.193. The molecule has 2 saturated heterocycles. The number of nitrogens with zero attached hydrogens (tertiary/aromatic N) is 1. The van der Waals surface area contributed by atoms with Crippen LogP contribution in [-0.2, 0) is 16.2 Å². The number of aliphatic hydroxyl groups excluding tert-OH is 3. The lowest BCUT2D eigenvalue weighted by Gasteiger charge is -2.48. The molecule has 7 atom stereocenters. The average molecular weight is 399 g/mol. The molecule has 0 radical (unpaired) electrons. The second-order valence-electron chi connectivity index (χ2n) is 6.16. The summed E-state index contributed by atoms with van der Waals surface area (Å²) in [4.78, 5) is 4.96. The molecule has 7 nitrogen and oxygen atoms in total. The number of alkyl halides is 1. The van der Waals surface area contributed by atoms with E-state index in [9.17, 15) is 20.6 Å². The Kier molecular flexibility index (Phi) is 5.22. The van der Waals surface area contributed by atoms with E-state index in [-0.39, 0.29) is 13.0 Å². The summed E-state index contributed by atoms with van der Waals surface area (Å²) in [5.74, 6) is -0.770. The zero-order chi connectivity index (χ0) is 17.3. The molecule has 130 valence electrons. The normalized spacial score (nSPS) is 41.6. The number of nitrogens with one attached hydrogen (secondary N) is 1. The van der Waals surface area contributed by atoms with Crippen LogP contribution in [0.15, 0.2) is 30.3 Å². The van der Waals surface area contributed by atoms with Gasteiger partial charge in [0.05, 0.1) is 29.0 Å². The molecule has 4 N–H and O–H groups in total. The number of aliphatic hydroxyl groups is 3. The highest BCUT2D eigenvalue weighted by atomic mass is 79.9. The number of rotatable bonds is 4. The minimum absolute atomic E-state index is 0.0865. The first kappa shape index (κ1) is 17.8. The van der Waals surface area contributed by atoms with Crippen molar-refractivity contribution in [2.45, 2.75) is 48.0 Å². The zero-order valence-electron chi connectivity index (χ0n) is 12.7. The quantitative estimate of drug-likeness (QED) is 0.422. The van der Waals surface area contributed by atoms with Gasteiger partial charge in [-0.25, -0.2) is 0 Å². The van der Waals surface area contributed by atoms with Crippen LogP contribution in [0, 0.1) is 17.2 Å². The number of hydrogen-bond acceptors (Lipinski definition) is 7. The maximum absolute atomic E-state index is 10.6. The van der Waals surface area contributed by atoms with Crippen molar-refractivity contribution in [3.8, 4) is 6.07 Å². The van der Waals surface area contributed by atoms with Gasteiger partial charge < -0.3 is 20.1 Å². The van der Waals surface area contributed by atoms with E-state index in [1.165, 1.54) is 0 Å². The molecule has 1 saturated carbocycles. The molecule has 2 heterocycles. The molecule has 3 aliphatic rings. The van der Waals surface area contributed by atoms with Crippen molar-refractivity contribution in [1.82, 2.24) is 5.48 Å². The Bertz CT molecular complexity index is 612. The molecule has 1 aliphatic carbocycles. The molecule has 1 aromatic carbocycles. The Morgan fingerprint density at radius 2 is 2.04 bits per heavy atom. The summed E-state index contributed by atoms with van der Waals surface area (Å²) in [6.07, 6.45) is -4.78. The minimum atomic E-state index is -1.36. The number of benzene rings is 1. The maximum Gasteiger partial charge on any atom is 0.157 e. The summed E-state index contributed by atoms with van der Waals surface area (Å²) >= 11 is 3.36. The van der Waals surface area contributed by atoms with Gasteiger partial charge in [-0.3, -0.25) is 4.84 Å². The summed E-state index contributed by atoms with van der Waals surface area (Å²) in [7, 11) is 0. The first-order chi connectivity index (χ1) is 11.5. The van der Waals surface area contributed by atoms with Gasteiger partial charge in [0.15, 0.2) is 6.29 Å². The van der Waals surface area contributed by atoms with E-state index in [1.807, 2.05) is 30.3 Å². The topological polar surface area (TPSA) is 115 Å². The van der Waals surface area contributed by atoms with E-state index in [0.29, 0.717) is 0 Å². The lowest BCUT2D eigenvalue weighted by Crippen LogP contribution is -2.70. The monoisotopic (exact) mass is 398 g/mol. The van der Waals surface area contributed by atoms with Crippen molar-refractivity contribution in [2.75, 3.05) is 0 Å². The van der Waals surface area contributed by atoms with Crippen molar-refractivity contribution in [3.63, 3.8) is 0 Å². The maximum atomic E-state index is 10.6. The van der Waals surface area contributed by atoms with Crippen molar-refractivity contribution in [1.29, 1.82) is 5.26 Å². The van der Waals surface area contributed by atoms with Gasteiger partial charge in [0, 0.05) is 6.42 Å². The van der Waals surface area contributed by atoms with Gasteiger partial charge in [-0.1, -0.05) is 46.3 Å². The third-order valence-electron chi connectivity index (χ3n) is 4.68. The van der Waals surface area contributed by atoms with Crippen LogP contribution in [0.5, 0.6) is 0 Å². The molecule has 0 spiro atoms. The molecule has 4 unspecified atom stereocenters. The van der Waals surface area contributed by atoms with Crippen LogP contribution in [0.25, 0.3) is 0 Å². The summed E-state index contributed by atoms with van der Waals surface area (Å²) in [5, 5.41) is 40.5. The number of fused-ring (bicyclic) bond motifs is 4. The second kappa shape index (κ2) is 7.06. The SMILES string of the molecule is N#C[C@@H]1C(Br)C2O[C@@H](O)CC1(NOCc1ccccc1)C(O)[C@@H]2O. The van der Waals surface area contributed by atoms with Crippen molar-refractivity contribution >= 4 is 15.9 Å². The molecule has 0 aromatic heterocycles. The highest BCUT2D eigenvalue weighted by Crippen LogP contribution is 2.45. The third-order valence-corrected chi connectivity index (χ3v) is 5.73. The zero-order valence-corrected chi connectivity index (χ0v) is 14.3. The van der Waals surface area contributed by atoms with Gasteiger partial charge in [-0.15, -0.1) is 0 Å². The van der Waals surface area contributed by atoms with Gasteiger partial charge in [-0.2, -0.15) is 10.7 Å². The van der Waals surface area contributed by atoms with E-state index in [0.717, 1.165) is 5.56 Å². The number of hydroxylamine groups is 1. The van der Waals surface area contributed by atoms with Gasteiger partial charge >= 0.3 is 0 Å². The van der Waals surface area contributed by atoms with Gasteiger partial charge in [0.1, 0.15) is 18.3 Å². The fourth-order valence-electron chi connectivity index (χ4n) is 3.43. The van der Waals surface area contributed by atoms with Crippen LogP contribution in [0.2, 0.25) is 0 Å². The Morgan fingerprint density at radius 3 is 2.71 bits per heavy atom. The predicted molar refractivity (Wildman–Crippen MR) is 86.4 cm³/mol. The average Bonchev–Trinajstić information content (AvgIpc) is 2.74. The lowest BCUT2D eigenvalue weighted by molar-refractivity contribution is -0.173. The molecule has 3 fully saturated rings. The van der Waals surface area contributed by atoms with Crippen molar-refractivity contribution < 1.29 is 24.9 Å². The Hall–Kier alpha value is -1.05. The first-order valence-electron chi connectivity index (χ1n) is 7.66. The summed E-state index contributed by atoms with van der Waals surface area (Å²) in [6, 6.07) is 11.5. The molecule has 24 heavy (non-hydrogen) atoms. The Morgan fingerprint density at radius 1 is 1.33 bits per heavy atom. The van der Waals surface area contributed by atoms with E-state index in [1.54, 1.807) is 0 Å². The summed E-state index contributed by atoms with van der Waals surface area (Å²) in [6.45, 7) is 0.205.